The van der Waals surface area contributed by atoms with Crippen LogP contribution in [0.2, 0.25) is 0 Å². The molecule has 1 atom stereocenters. The Kier molecular flexibility index (Phi) is 6.69. The van der Waals surface area contributed by atoms with Gasteiger partial charge in [0.2, 0.25) is 0 Å². The highest BCUT2D eigenvalue weighted by molar-refractivity contribution is 9.10. The summed E-state index contributed by atoms with van der Waals surface area (Å²) in [6.07, 6.45) is 2.52. The number of rotatable bonds is 7. The predicted molar refractivity (Wildman–Crippen MR) is 69.6 cm³/mol. The van der Waals surface area contributed by atoms with Crippen LogP contribution in [0.4, 0.5) is 0 Å². The lowest BCUT2D eigenvalue weighted by Gasteiger charge is -2.06. The first-order valence-electron chi connectivity index (χ1n) is 5.69. The Morgan fingerprint density at radius 2 is 2.19 bits per heavy atom. The molecule has 0 aliphatic rings. The second-order valence-corrected chi connectivity index (χ2v) is 4.90. The second kappa shape index (κ2) is 7.82. The van der Waals surface area contributed by atoms with Gasteiger partial charge in [-0.05, 0) is 43.9 Å². The van der Waals surface area contributed by atoms with Gasteiger partial charge in [0.25, 0.3) is 0 Å². The molecule has 0 unspecified atom stereocenters. The standard InChI is InChI=1S/C13H19BrO2/c1-11(15)7-9-16-8-3-5-12-4-2-6-13(14)10-12/h2,4,6,10-11,15H,3,5,7-9H2,1H3/t11-/m1/s1. The van der Waals surface area contributed by atoms with Gasteiger partial charge in [0.1, 0.15) is 0 Å². The summed E-state index contributed by atoms with van der Waals surface area (Å²) < 4.78 is 6.55. The summed E-state index contributed by atoms with van der Waals surface area (Å²) in [5.74, 6) is 0. The Balaban J connectivity index is 2.07. The maximum absolute atomic E-state index is 9.03. The van der Waals surface area contributed by atoms with E-state index in [-0.39, 0.29) is 6.10 Å². The van der Waals surface area contributed by atoms with Gasteiger partial charge in [-0.2, -0.15) is 0 Å². The fraction of sp³-hybridized carbons (Fsp3) is 0.538. The molecule has 1 rings (SSSR count). The predicted octanol–water partition coefficient (Wildman–Crippen LogP) is 3.17. The molecule has 0 spiro atoms. The fourth-order valence-electron chi connectivity index (χ4n) is 1.43. The maximum atomic E-state index is 9.03. The van der Waals surface area contributed by atoms with Crippen molar-refractivity contribution < 1.29 is 9.84 Å². The van der Waals surface area contributed by atoms with Crippen LogP contribution in [-0.4, -0.2) is 24.4 Å². The summed E-state index contributed by atoms with van der Waals surface area (Å²) in [4.78, 5) is 0. The van der Waals surface area contributed by atoms with E-state index < -0.39 is 0 Å². The van der Waals surface area contributed by atoms with Gasteiger partial charge in [0, 0.05) is 17.7 Å². The van der Waals surface area contributed by atoms with E-state index in [2.05, 4.69) is 28.1 Å². The zero-order valence-corrected chi connectivity index (χ0v) is 11.2. The molecule has 0 amide bonds. The minimum Gasteiger partial charge on any atom is -0.393 e. The molecule has 16 heavy (non-hydrogen) atoms. The Morgan fingerprint density at radius 3 is 2.88 bits per heavy atom. The molecule has 0 fully saturated rings. The Hall–Kier alpha value is -0.380. The van der Waals surface area contributed by atoms with Crippen LogP contribution >= 0.6 is 15.9 Å². The van der Waals surface area contributed by atoms with Crippen molar-refractivity contribution >= 4 is 15.9 Å². The van der Waals surface area contributed by atoms with Crippen molar-refractivity contribution in [2.24, 2.45) is 0 Å². The molecule has 1 aromatic carbocycles. The maximum Gasteiger partial charge on any atom is 0.0534 e. The molecule has 0 bridgehead atoms. The minimum absolute atomic E-state index is 0.259. The largest absolute Gasteiger partial charge is 0.393 e. The van der Waals surface area contributed by atoms with Gasteiger partial charge in [-0.3, -0.25) is 0 Å². The molecule has 0 saturated heterocycles. The fourth-order valence-corrected chi connectivity index (χ4v) is 1.87. The van der Waals surface area contributed by atoms with Crippen molar-refractivity contribution in [2.45, 2.75) is 32.3 Å². The summed E-state index contributed by atoms with van der Waals surface area (Å²) in [6, 6.07) is 8.34. The molecule has 0 saturated carbocycles. The summed E-state index contributed by atoms with van der Waals surface area (Å²) in [6.45, 7) is 3.19. The van der Waals surface area contributed by atoms with Gasteiger partial charge in [-0.15, -0.1) is 0 Å². The van der Waals surface area contributed by atoms with Gasteiger partial charge in [-0.25, -0.2) is 0 Å². The lowest BCUT2D eigenvalue weighted by Crippen LogP contribution is -2.06. The topological polar surface area (TPSA) is 29.5 Å². The molecule has 3 heteroatoms. The summed E-state index contributed by atoms with van der Waals surface area (Å²) >= 11 is 3.45. The third kappa shape index (κ3) is 6.26. The van der Waals surface area contributed by atoms with Crippen molar-refractivity contribution in [1.29, 1.82) is 0 Å². The molecule has 1 N–H and O–H groups in total. The summed E-state index contributed by atoms with van der Waals surface area (Å²) in [7, 11) is 0. The Labute approximate surface area is 106 Å². The van der Waals surface area contributed by atoms with Crippen molar-refractivity contribution in [3.05, 3.63) is 34.3 Å². The van der Waals surface area contributed by atoms with E-state index in [4.69, 9.17) is 9.84 Å². The summed E-state index contributed by atoms with van der Waals surface area (Å²) in [5.41, 5.74) is 1.33. The number of aliphatic hydroxyl groups excluding tert-OH is 1. The average Bonchev–Trinajstić information content (AvgIpc) is 2.23. The van der Waals surface area contributed by atoms with Crippen molar-refractivity contribution in [3.8, 4) is 0 Å². The molecule has 0 aliphatic carbocycles. The van der Waals surface area contributed by atoms with E-state index in [0.717, 1.165) is 30.3 Å². The van der Waals surface area contributed by atoms with Crippen molar-refractivity contribution in [3.63, 3.8) is 0 Å². The molecule has 0 aliphatic heterocycles. The van der Waals surface area contributed by atoms with Crippen LogP contribution in [0.15, 0.2) is 28.7 Å². The molecule has 0 radical (unpaired) electrons. The number of ether oxygens (including phenoxy) is 1. The first kappa shape index (κ1) is 13.7. The van der Waals surface area contributed by atoms with Crippen LogP contribution in [0, 0.1) is 0 Å². The highest BCUT2D eigenvalue weighted by Crippen LogP contribution is 2.12. The van der Waals surface area contributed by atoms with Crippen LogP contribution in [0.3, 0.4) is 0 Å². The Bertz CT molecular complexity index is 300. The van der Waals surface area contributed by atoms with E-state index >= 15 is 0 Å². The third-order valence-electron chi connectivity index (χ3n) is 2.32. The smallest absolute Gasteiger partial charge is 0.0534 e. The lowest BCUT2D eigenvalue weighted by atomic mass is 10.1. The number of hydrogen-bond acceptors (Lipinski definition) is 2. The molecule has 2 nitrogen and oxygen atoms in total. The number of hydrogen-bond donors (Lipinski definition) is 1. The van der Waals surface area contributed by atoms with Gasteiger partial charge in [0.15, 0.2) is 0 Å². The molecule has 0 heterocycles. The molecular formula is C13H19BrO2. The zero-order chi connectivity index (χ0) is 11.8. The van der Waals surface area contributed by atoms with Gasteiger partial charge in [0.05, 0.1) is 6.10 Å². The van der Waals surface area contributed by atoms with E-state index in [1.807, 2.05) is 12.1 Å². The number of aliphatic hydroxyl groups is 1. The first-order chi connectivity index (χ1) is 7.68. The van der Waals surface area contributed by atoms with E-state index in [0.29, 0.717) is 6.61 Å². The first-order valence-corrected chi connectivity index (χ1v) is 6.48. The normalized spacial score (nSPS) is 12.7. The monoisotopic (exact) mass is 286 g/mol. The third-order valence-corrected chi connectivity index (χ3v) is 2.82. The number of aryl methyl sites for hydroxylation is 1. The molecule has 90 valence electrons. The van der Waals surface area contributed by atoms with Gasteiger partial charge < -0.3 is 9.84 Å². The van der Waals surface area contributed by atoms with Crippen LogP contribution < -0.4 is 0 Å². The number of benzene rings is 1. The quantitative estimate of drug-likeness (QED) is 0.781. The SMILES string of the molecule is C[C@@H](O)CCOCCCc1cccc(Br)c1. The van der Waals surface area contributed by atoms with Crippen molar-refractivity contribution in [1.82, 2.24) is 0 Å². The number of halogens is 1. The van der Waals surface area contributed by atoms with Gasteiger partial charge >= 0.3 is 0 Å². The van der Waals surface area contributed by atoms with Crippen molar-refractivity contribution in [2.75, 3.05) is 13.2 Å². The molecular weight excluding hydrogens is 268 g/mol. The van der Waals surface area contributed by atoms with Crippen LogP contribution in [0.1, 0.15) is 25.3 Å². The van der Waals surface area contributed by atoms with E-state index in [9.17, 15) is 0 Å². The Morgan fingerprint density at radius 1 is 1.38 bits per heavy atom. The van der Waals surface area contributed by atoms with E-state index in [1.54, 1.807) is 6.92 Å². The highest BCUT2D eigenvalue weighted by Gasteiger charge is 1.97. The molecule has 0 aromatic heterocycles. The van der Waals surface area contributed by atoms with Crippen LogP contribution in [0.25, 0.3) is 0 Å². The summed E-state index contributed by atoms with van der Waals surface area (Å²) in [5, 5.41) is 9.03. The van der Waals surface area contributed by atoms with Gasteiger partial charge in [-0.1, -0.05) is 28.1 Å². The molecule has 1 aromatic rings. The second-order valence-electron chi connectivity index (χ2n) is 3.98. The van der Waals surface area contributed by atoms with Crippen LogP contribution in [-0.2, 0) is 11.2 Å². The zero-order valence-electron chi connectivity index (χ0n) is 9.66. The highest BCUT2D eigenvalue weighted by atomic mass is 79.9. The minimum atomic E-state index is -0.259. The lowest BCUT2D eigenvalue weighted by molar-refractivity contribution is 0.0881. The van der Waals surface area contributed by atoms with E-state index in [1.165, 1.54) is 5.56 Å². The van der Waals surface area contributed by atoms with Crippen LogP contribution in [0.5, 0.6) is 0 Å². The average molecular weight is 287 g/mol.